The summed E-state index contributed by atoms with van der Waals surface area (Å²) in [6.07, 6.45) is 0. The Morgan fingerprint density at radius 2 is 1.54 bits per heavy atom. The second-order valence-electron chi connectivity index (χ2n) is 6.61. The van der Waals surface area contributed by atoms with Gasteiger partial charge in [0.15, 0.2) is 0 Å². The zero-order valence-electron chi connectivity index (χ0n) is 15.4. The zero-order chi connectivity index (χ0) is 19.5. The highest BCUT2D eigenvalue weighted by molar-refractivity contribution is 8.00. The van der Waals surface area contributed by atoms with E-state index in [0.29, 0.717) is 17.0 Å². The highest BCUT2D eigenvalue weighted by Crippen LogP contribution is 2.49. The van der Waals surface area contributed by atoms with Crippen LogP contribution in [0.4, 0.5) is 0 Å². The molecule has 5 heteroatoms. The second kappa shape index (κ2) is 7.90. The highest BCUT2D eigenvalue weighted by atomic mass is 32.2. The normalized spacial score (nSPS) is 13.1. The topological polar surface area (TPSA) is 61.7 Å². The lowest BCUT2D eigenvalue weighted by Crippen LogP contribution is -2.21. The van der Waals surface area contributed by atoms with Crippen molar-refractivity contribution in [2.24, 2.45) is 5.10 Å². The Labute approximate surface area is 168 Å². The van der Waals surface area contributed by atoms with Crippen LogP contribution < -0.4 is 5.43 Å². The van der Waals surface area contributed by atoms with Crippen molar-refractivity contribution in [2.45, 2.75) is 12.2 Å². The van der Waals surface area contributed by atoms with Gasteiger partial charge in [-0.3, -0.25) is 4.79 Å². The monoisotopic (exact) mass is 388 g/mol. The first kappa shape index (κ1) is 18.3. The predicted molar refractivity (Wildman–Crippen MR) is 115 cm³/mol. The fourth-order valence-corrected chi connectivity index (χ4v) is 4.62. The Morgan fingerprint density at radius 3 is 2.18 bits per heavy atom. The van der Waals surface area contributed by atoms with Gasteiger partial charge in [0, 0.05) is 5.56 Å². The van der Waals surface area contributed by atoms with Crippen molar-refractivity contribution < 1.29 is 9.90 Å². The fraction of sp³-hybridized carbons (Fsp3) is 0.130. The number of rotatable bonds is 5. The van der Waals surface area contributed by atoms with Crippen LogP contribution in [0.15, 0.2) is 77.9 Å². The molecule has 0 aliphatic heterocycles. The molecule has 0 saturated carbocycles. The summed E-state index contributed by atoms with van der Waals surface area (Å²) in [4.78, 5) is 12.3. The number of thioether (sulfide) groups is 1. The van der Waals surface area contributed by atoms with Crippen LogP contribution in [0.1, 0.15) is 28.9 Å². The van der Waals surface area contributed by atoms with Gasteiger partial charge in [-0.15, -0.1) is 11.8 Å². The van der Waals surface area contributed by atoms with E-state index >= 15 is 0 Å². The number of nitrogens with one attached hydrogen (secondary N) is 1. The molecule has 4 nitrogen and oxygen atoms in total. The summed E-state index contributed by atoms with van der Waals surface area (Å²) < 4.78 is 0. The minimum atomic E-state index is -0.165. The van der Waals surface area contributed by atoms with Crippen LogP contribution >= 0.6 is 11.8 Å². The summed E-state index contributed by atoms with van der Waals surface area (Å²) in [5.74, 6) is 0.276. The summed E-state index contributed by atoms with van der Waals surface area (Å²) in [5.41, 5.74) is 8.74. The van der Waals surface area contributed by atoms with Gasteiger partial charge in [-0.2, -0.15) is 5.10 Å². The van der Waals surface area contributed by atoms with E-state index < -0.39 is 0 Å². The molecule has 0 bridgehead atoms. The van der Waals surface area contributed by atoms with Crippen molar-refractivity contribution in [3.63, 3.8) is 0 Å². The third kappa shape index (κ3) is 3.53. The molecule has 4 rings (SSSR count). The van der Waals surface area contributed by atoms with E-state index in [2.05, 4.69) is 34.8 Å². The van der Waals surface area contributed by atoms with Gasteiger partial charge in [0.2, 0.25) is 5.91 Å². The lowest BCUT2D eigenvalue weighted by molar-refractivity contribution is -0.118. The van der Waals surface area contributed by atoms with Crippen molar-refractivity contribution in [2.75, 3.05) is 5.75 Å². The average Bonchev–Trinajstić information content (AvgIpc) is 3.05. The Morgan fingerprint density at radius 1 is 0.964 bits per heavy atom. The van der Waals surface area contributed by atoms with E-state index in [9.17, 15) is 9.90 Å². The first-order chi connectivity index (χ1) is 13.6. The van der Waals surface area contributed by atoms with Crippen LogP contribution in [0.25, 0.3) is 11.1 Å². The smallest absolute Gasteiger partial charge is 0.250 e. The van der Waals surface area contributed by atoms with E-state index in [0.717, 1.165) is 0 Å². The number of amides is 1. The SMILES string of the molecule is C/C(=N/NC(=O)CSC1c2ccccc2-c2ccccc21)c1ccccc1O. The average molecular weight is 388 g/mol. The molecule has 0 heterocycles. The van der Waals surface area contributed by atoms with Crippen molar-refractivity contribution in [1.29, 1.82) is 0 Å². The molecule has 0 atom stereocenters. The molecule has 0 aromatic heterocycles. The molecule has 2 N–H and O–H groups in total. The summed E-state index contributed by atoms with van der Waals surface area (Å²) in [5, 5.41) is 14.2. The maximum atomic E-state index is 12.3. The van der Waals surface area contributed by atoms with Crippen molar-refractivity contribution in [3.05, 3.63) is 89.5 Å². The van der Waals surface area contributed by atoms with E-state index in [-0.39, 0.29) is 16.9 Å². The van der Waals surface area contributed by atoms with Gasteiger partial charge in [0.1, 0.15) is 5.75 Å². The lowest BCUT2D eigenvalue weighted by Gasteiger charge is -2.12. The van der Waals surface area contributed by atoms with E-state index in [4.69, 9.17) is 0 Å². The number of carbonyl (C=O) groups is 1. The highest BCUT2D eigenvalue weighted by Gasteiger charge is 2.28. The molecule has 0 spiro atoms. The molecule has 1 amide bonds. The summed E-state index contributed by atoms with van der Waals surface area (Å²) in [6, 6.07) is 23.6. The van der Waals surface area contributed by atoms with Crippen LogP contribution in [-0.4, -0.2) is 22.5 Å². The standard InChI is InChI=1S/C23H20N2O2S/c1-15(16-8-6-7-13-21(16)26)24-25-22(27)14-28-23-19-11-4-2-9-17(19)18-10-3-5-12-20(18)23/h2-13,23,26H,14H2,1H3,(H,25,27)/b24-15-. The number of phenols is 1. The van der Waals surface area contributed by atoms with Gasteiger partial charge in [-0.25, -0.2) is 5.43 Å². The number of nitrogens with zero attached hydrogens (tertiary/aromatic N) is 1. The van der Waals surface area contributed by atoms with E-state index in [1.165, 1.54) is 22.3 Å². The van der Waals surface area contributed by atoms with Crippen LogP contribution in [0, 0.1) is 0 Å². The Bertz CT molecular complexity index is 1020. The first-order valence-corrected chi connectivity index (χ1v) is 10.1. The van der Waals surface area contributed by atoms with Crippen LogP contribution in [-0.2, 0) is 4.79 Å². The van der Waals surface area contributed by atoms with Crippen molar-refractivity contribution in [3.8, 4) is 16.9 Å². The van der Waals surface area contributed by atoms with Gasteiger partial charge in [0.25, 0.3) is 0 Å². The van der Waals surface area contributed by atoms with Gasteiger partial charge in [-0.1, -0.05) is 60.7 Å². The number of hydrazone groups is 1. The van der Waals surface area contributed by atoms with Gasteiger partial charge >= 0.3 is 0 Å². The maximum Gasteiger partial charge on any atom is 0.250 e. The molecular formula is C23H20N2O2S. The van der Waals surface area contributed by atoms with Gasteiger partial charge < -0.3 is 5.11 Å². The summed E-state index contributed by atoms with van der Waals surface area (Å²) in [7, 11) is 0. The maximum absolute atomic E-state index is 12.3. The second-order valence-corrected chi connectivity index (χ2v) is 7.71. The number of phenolic OH excluding ortho intramolecular Hbond substituents is 1. The molecule has 0 radical (unpaired) electrons. The number of aromatic hydroxyl groups is 1. The molecular weight excluding hydrogens is 368 g/mol. The van der Waals surface area contributed by atoms with Gasteiger partial charge in [0.05, 0.1) is 16.7 Å². The van der Waals surface area contributed by atoms with Gasteiger partial charge in [-0.05, 0) is 41.3 Å². The number of benzene rings is 3. The summed E-state index contributed by atoms with van der Waals surface area (Å²) in [6.45, 7) is 1.76. The van der Waals surface area contributed by atoms with Crippen LogP contribution in [0.3, 0.4) is 0 Å². The number of hydrogen-bond donors (Lipinski definition) is 2. The third-order valence-corrected chi connectivity index (χ3v) is 6.07. The number of para-hydroxylation sites is 1. The van der Waals surface area contributed by atoms with Crippen molar-refractivity contribution in [1.82, 2.24) is 5.43 Å². The molecule has 3 aromatic carbocycles. The van der Waals surface area contributed by atoms with E-state index in [1.807, 2.05) is 30.3 Å². The molecule has 28 heavy (non-hydrogen) atoms. The van der Waals surface area contributed by atoms with Crippen molar-refractivity contribution >= 4 is 23.4 Å². The molecule has 140 valence electrons. The third-order valence-electron chi connectivity index (χ3n) is 4.80. The van der Waals surface area contributed by atoms with E-state index in [1.54, 1.807) is 36.9 Å². The largest absolute Gasteiger partial charge is 0.507 e. The zero-order valence-corrected chi connectivity index (χ0v) is 16.2. The molecule has 3 aromatic rings. The lowest BCUT2D eigenvalue weighted by atomic mass is 10.1. The Kier molecular flexibility index (Phi) is 5.17. The molecule has 0 unspecified atom stereocenters. The minimum Gasteiger partial charge on any atom is -0.507 e. The minimum absolute atomic E-state index is 0.140. The molecule has 1 aliphatic rings. The number of carbonyl (C=O) groups excluding carboxylic acids is 1. The quantitative estimate of drug-likeness (QED) is 0.490. The molecule has 0 saturated heterocycles. The Hall–Kier alpha value is -3.05. The Balaban J connectivity index is 1.44. The summed E-state index contributed by atoms with van der Waals surface area (Å²) >= 11 is 1.60. The van der Waals surface area contributed by atoms with Crippen LogP contribution in [0.5, 0.6) is 5.75 Å². The predicted octanol–water partition coefficient (Wildman–Crippen LogP) is 4.74. The fourth-order valence-electron chi connectivity index (χ4n) is 3.47. The number of hydrogen-bond acceptors (Lipinski definition) is 4. The van der Waals surface area contributed by atoms with Crippen LogP contribution in [0.2, 0.25) is 0 Å². The molecule has 0 fully saturated rings. The number of fused-ring (bicyclic) bond motifs is 3. The molecule has 1 aliphatic carbocycles. The first-order valence-electron chi connectivity index (χ1n) is 9.06.